The van der Waals surface area contributed by atoms with Crippen molar-refractivity contribution < 1.29 is 8.42 Å². The summed E-state index contributed by atoms with van der Waals surface area (Å²) >= 11 is 1.29. The number of hydrogen-bond donors (Lipinski definition) is 2. The van der Waals surface area contributed by atoms with Crippen LogP contribution in [0.15, 0.2) is 15.7 Å². The summed E-state index contributed by atoms with van der Waals surface area (Å²) in [6.45, 7) is 3.53. The minimum Gasteiger partial charge on any atom is -0.310 e. The molecule has 1 aliphatic rings. The van der Waals surface area contributed by atoms with Gasteiger partial charge >= 0.3 is 0 Å². The van der Waals surface area contributed by atoms with E-state index in [0.717, 1.165) is 25.1 Å². The lowest BCUT2D eigenvalue weighted by atomic mass is 10.2. The van der Waals surface area contributed by atoms with Gasteiger partial charge in [-0.3, -0.25) is 0 Å². The molecule has 120 valence electrons. The van der Waals surface area contributed by atoms with Gasteiger partial charge in [0.2, 0.25) is 10.0 Å². The Kier molecular flexibility index (Phi) is 5.79. The second-order valence-corrected chi connectivity index (χ2v) is 8.90. The number of nitrogens with zero attached hydrogens (tertiary/aromatic N) is 1. The molecule has 1 atom stereocenters. The van der Waals surface area contributed by atoms with Crippen molar-refractivity contribution in [3.8, 4) is 0 Å². The highest BCUT2D eigenvalue weighted by atomic mass is 32.2. The summed E-state index contributed by atoms with van der Waals surface area (Å²) in [7, 11) is 0.584. The second kappa shape index (κ2) is 7.19. The van der Waals surface area contributed by atoms with E-state index in [1.807, 2.05) is 26.4 Å². The lowest BCUT2D eigenvalue weighted by Gasteiger charge is -2.16. The van der Waals surface area contributed by atoms with E-state index in [1.54, 1.807) is 6.07 Å². The van der Waals surface area contributed by atoms with E-state index >= 15 is 0 Å². The summed E-state index contributed by atoms with van der Waals surface area (Å²) in [5.74, 6) is 0. The molecule has 1 aliphatic carbocycles. The Bertz CT molecular complexity index is 550. The highest BCUT2D eigenvalue weighted by molar-refractivity contribution is 7.91. The monoisotopic (exact) mass is 331 g/mol. The number of nitrogens with one attached hydrogen (secondary N) is 2. The standard InChI is InChI=1S/C14H25N3O2S2/c1-11(6-7-17(2)3)16-21(18,19)14-8-12(10-20-14)9-15-13-4-5-13/h8,10-11,13,15-16H,4-7,9H2,1-3H3. The molecule has 5 nitrogen and oxygen atoms in total. The van der Waals surface area contributed by atoms with Gasteiger partial charge in [0, 0.05) is 18.6 Å². The van der Waals surface area contributed by atoms with Crippen molar-refractivity contribution in [2.75, 3.05) is 20.6 Å². The summed E-state index contributed by atoms with van der Waals surface area (Å²) in [6, 6.07) is 2.35. The fourth-order valence-corrected chi connectivity index (χ4v) is 4.47. The van der Waals surface area contributed by atoms with Crippen LogP contribution >= 0.6 is 11.3 Å². The van der Waals surface area contributed by atoms with Gasteiger partial charge in [0.15, 0.2) is 0 Å². The molecule has 0 aromatic carbocycles. The largest absolute Gasteiger partial charge is 0.310 e. The molecule has 1 unspecified atom stereocenters. The van der Waals surface area contributed by atoms with E-state index in [2.05, 4.69) is 14.9 Å². The molecular weight excluding hydrogens is 306 g/mol. The Balaban J connectivity index is 1.88. The Morgan fingerprint density at radius 2 is 2.14 bits per heavy atom. The molecule has 0 aliphatic heterocycles. The van der Waals surface area contributed by atoms with Crippen LogP contribution in [0.4, 0.5) is 0 Å². The Labute approximate surface area is 131 Å². The SMILES string of the molecule is CC(CCN(C)C)NS(=O)(=O)c1cc(CNC2CC2)cs1. The topological polar surface area (TPSA) is 61.4 Å². The van der Waals surface area contributed by atoms with Crippen molar-refractivity contribution in [1.82, 2.24) is 14.9 Å². The molecular formula is C14H25N3O2S2. The zero-order valence-corrected chi connectivity index (χ0v) is 14.6. The number of rotatable bonds is 9. The highest BCUT2D eigenvalue weighted by Crippen LogP contribution is 2.23. The van der Waals surface area contributed by atoms with Crippen LogP contribution in [0.5, 0.6) is 0 Å². The highest BCUT2D eigenvalue weighted by Gasteiger charge is 2.22. The first kappa shape index (κ1) is 16.9. The average molecular weight is 332 g/mol. The van der Waals surface area contributed by atoms with E-state index < -0.39 is 10.0 Å². The Morgan fingerprint density at radius 3 is 2.76 bits per heavy atom. The average Bonchev–Trinajstić information content (AvgIpc) is 3.09. The minimum atomic E-state index is -3.39. The molecule has 0 saturated heterocycles. The molecule has 0 amide bonds. The van der Waals surface area contributed by atoms with Gasteiger partial charge in [-0.05, 0) is 63.8 Å². The summed E-state index contributed by atoms with van der Waals surface area (Å²) in [6.07, 6.45) is 3.27. The van der Waals surface area contributed by atoms with Crippen LogP contribution in [-0.2, 0) is 16.6 Å². The molecule has 0 spiro atoms. The molecule has 1 fully saturated rings. The maximum Gasteiger partial charge on any atom is 0.250 e. The van der Waals surface area contributed by atoms with Crippen LogP contribution in [0, 0.1) is 0 Å². The predicted molar refractivity (Wildman–Crippen MR) is 87.1 cm³/mol. The smallest absolute Gasteiger partial charge is 0.250 e. The number of hydrogen-bond acceptors (Lipinski definition) is 5. The van der Waals surface area contributed by atoms with E-state index in [1.165, 1.54) is 24.2 Å². The number of thiophene rings is 1. The molecule has 1 saturated carbocycles. The first-order valence-electron chi connectivity index (χ1n) is 7.34. The third-order valence-electron chi connectivity index (χ3n) is 3.43. The van der Waals surface area contributed by atoms with E-state index in [-0.39, 0.29) is 6.04 Å². The third kappa shape index (κ3) is 5.67. The lowest BCUT2D eigenvalue weighted by molar-refractivity contribution is 0.379. The molecule has 1 aromatic heterocycles. The molecule has 21 heavy (non-hydrogen) atoms. The first-order valence-corrected chi connectivity index (χ1v) is 9.71. The Hall–Kier alpha value is -0.470. The zero-order valence-electron chi connectivity index (χ0n) is 12.9. The van der Waals surface area contributed by atoms with E-state index in [4.69, 9.17) is 0 Å². The van der Waals surface area contributed by atoms with Crippen LogP contribution in [0.3, 0.4) is 0 Å². The molecule has 2 rings (SSSR count). The van der Waals surface area contributed by atoms with Crippen LogP contribution in [0.25, 0.3) is 0 Å². The van der Waals surface area contributed by atoms with Gasteiger partial charge in [0.05, 0.1) is 0 Å². The lowest BCUT2D eigenvalue weighted by Crippen LogP contribution is -2.34. The Morgan fingerprint density at radius 1 is 1.43 bits per heavy atom. The van der Waals surface area contributed by atoms with Crippen molar-refractivity contribution in [2.45, 2.75) is 49.0 Å². The summed E-state index contributed by atoms with van der Waals surface area (Å²) in [4.78, 5) is 2.05. The number of sulfonamides is 1. The molecule has 0 radical (unpaired) electrons. The normalized spacial score (nSPS) is 17.3. The minimum absolute atomic E-state index is 0.0625. The van der Waals surface area contributed by atoms with Gasteiger partial charge in [0.1, 0.15) is 4.21 Å². The van der Waals surface area contributed by atoms with Crippen LogP contribution in [-0.4, -0.2) is 46.0 Å². The molecule has 0 bridgehead atoms. The second-order valence-electron chi connectivity index (χ2n) is 6.04. The van der Waals surface area contributed by atoms with Crippen LogP contribution in [0.2, 0.25) is 0 Å². The van der Waals surface area contributed by atoms with Gasteiger partial charge in [-0.25, -0.2) is 13.1 Å². The summed E-state index contributed by atoms with van der Waals surface area (Å²) in [5.41, 5.74) is 1.05. The molecule has 2 N–H and O–H groups in total. The molecule has 1 heterocycles. The first-order chi connectivity index (χ1) is 9.87. The van der Waals surface area contributed by atoms with Crippen molar-refractivity contribution in [3.63, 3.8) is 0 Å². The van der Waals surface area contributed by atoms with Crippen LogP contribution < -0.4 is 10.0 Å². The molecule has 7 heteroatoms. The maximum absolute atomic E-state index is 12.3. The fourth-order valence-electron chi connectivity index (χ4n) is 1.97. The van der Waals surface area contributed by atoms with Gasteiger partial charge in [-0.1, -0.05) is 0 Å². The van der Waals surface area contributed by atoms with Gasteiger partial charge in [-0.15, -0.1) is 11.3 Å². The molecule has 1 aromatic rings. The summed E-state index contributed by atoms with van der Waals surface area (Å²) in [5, 5.41) is 5.32. The van der Waals surface area contributed by atoms with Crippen molar-refractivity contribution >= 4 is 21.4 Å². The predicted octanol–water partition coefficient (Wildman–Crippen LogP) is 1.62. The van der Waals surface area contributed by atoms with E-state index in [0.29, 0.717) is 10.3 Å². The van der Waals surface area contributed by atoms with Crippen molar-refractivity contribution in [3.05, 3.63) is 17.0 Å². The third-order valence-corrected chi connectivity index (χ3v) is 6.51. The van der Waals surface area contributed by atoms with Crippen molar-refractivity contribution in [2.24, 2.45) is 0 Å². The maximum atomic E-state index is 12.3. The van der Waals surface area contributed by atoms with Gasteiger partial charge in [0.25, 0.3) is 0 Å². The quantitative estimate of drug-likeness (QED) is 0.722. The van der Waals surface area contributed by atoms with Crippen molar-refractivity contribution in [1.29, 1.82) is 0 Å². The summed E-state index contributed by atoms with van der Waals surface area (Å²) < 4.78 is 27.8. The zero-order chi connectivity index (χ0) is 15.5. The fraction of sp³-hybridized carbons (Fsp3) is 0.714. The van der Waals surface area contributed by atoms with Crippen LogP contribution in [0.1, 0.15) is 31.7 Å². The van der Waals surface area contributed by atoms with E-state index in [9.17, 15) is 8.42 Å². The van der Waals surface area contributed by atoms with Gasteiger partial charge < -0.3 is 10.2 Å². The van der Waals surface area contributed by atoms with Gasteiger partial charge in [-0.2, -0.15) is 0 Å².